The van der Waals surface area contributed by atoms with Gasteiger partial charge in [-0.15, -0.1) is 11.3 Å². The monoisotopic (exact) mass is 421 g/mol. The zero-order valence-corrected chi connectivity index (χ0v) is 14.5. The van der Waals surface area contributed by atoms with E-state index in [-0.39, 0.29) is 12.3 Å². The van der Waals surface area contributed by atoms with Crippen LogP contribution < -0.4 is 5.32 Å². The molecule has 22 heavy (non-hydrogen) atoms. The number of benzene rings is 1. The van der Waals surface area contributed by atoms with Crippen LogP contribution in [-0.4, -0.2) is 15.9 Å². The van der Waals surface area contributed by atoms with Gasteiger partial charge in [0, 0.05) is 15.1 Å². The lowest BCUT2D eigenvalue weighted by Gasteiger charge is -2.05. The first-order valence-electron chi connectivity index (χ1n) is 6.62. The SMILES string of the molecule is O=C(Cc1csc(-c2ccccn2)n1)Nc1ccccc1I. The van der Waals surface area contributed by atoms with Crippen LogP contribution in [-0.2, 0) is 11.2 Å². The maximum atomic E-state index is 12.1. The van der Waals surface area contributed by atoms with E-state index < -0.39 is 0 Å². The van der Waals surface area contributed by atoms with Crippen molar-refractivity contribution >= 4 is 45.5 Å². The number of pyridine rings is 1. The molecular formula is C16H12IN3OS. The van der Waals surface area contributed by atoms with Crippen molar-refractivity contribution in [3.63, 3.8) is 0 Å². The number of para-hydroxylation sites is 1. The molecule has 1 amide bonds. The largest absolute Gasteiger partial charge is 0.325 e. The van der Waals surface area contributed by atoms with Crippen molar-refractivity contribution < 1.29 is 4.79 Å². The van der Waals surface area contributed by atoms with Crippen LogP contribution in [0.3, 0.4) is 0 Å². The molecule has 0 atom stereocenters. The van der Waals surface area contributed by atoms with Gasteiger partial charge in [0.1, 0.15) is 5.01 Å². The minimum absolute atomic E-state index is 0.0676. The molecule has 2 heterocycles. The lowest BCUT2D eigenvalue weighted by Crippen LogP contribution is -2.15. The van der Waals surface area contributed by atoms with Gasteiger partial charge in [-0.05, 0) is 46.9 Å². The number of hydrogen-bond acceptors (Lipinski definition) is 4. The van der Waals surface area contributed by atoms with Crippen LogP contribution in [0.25, 0.3) is 10.7 Å². The molecule has 0 unspecified atom stereocenters. The van der Waals surface area contributed by atoms with Gasteiger partial charge in [-0.3, -0.25) is 9.78 Å². The Bertz CT molecular complexity index is 789. The molecular weight excluding hydrogens is 409 g/mol. The summed E-state index contributed by atoms with van der Waals surface area (Å²) in [6.45, 7) is 0. The Morgan fingerprint density at radius 3 is 2.77 bits per heavy atom. The van der Waals surface area contributed by atoms with E-state index in [9.17, 15) is 4.79 Å². The maximum absolute atomic E-state index is 12.1. The summed E-state index contributed by atoms with van der Waals surface area (Å²) in [5.74, 6) is -0.0676. The average Bonchev–Trinajstić information content (AvgIpc) is 2.99. The van der Waals surface area contributed by atoms with Crippen molar-refractivity contribution in [3.05, 3.63) is 63.3 Å². The number of carbonyl (C=O) groups excluding carboxylic acids is 1. The minimum atomic E-state index is -0.0676. The summed E-state index contributed by atoms with van der Waals surface area (Å²) < 4.78 is 1.01. The van der Waals surface area contributed by atoms with Crippen LogP contribution >= 0.6 is 33.9 Å². The van der Waals surface area contributed by atoms with Crippen molar-refractivity contribution in [1.82, 2.24) is 9.97 Å². The second-order valence-electron chi connectivity index (χ2n) is 4.56. The molecule has 3 rings (SSSR count). The molecule has 0 saturated carbocycles. The third-order valence-electron chi connectivity index (χ3n) is 2.93. The Kier molecular flexibility index (Phi) is 4.79. The smallest absolute Gasteiger partial charge is 0.230 e. The molecule has 4 nitrogen and oxygen atoms in total. The lowest BCUT2D eigenvalue weighted by molar-refractivity contribution is -0.115. The van der Waals surface area contributed by atoms with Crippen molar-refractivity contribution in [1.29, 1.82) is 0 Å². The quantitative estimate of drug-likeness (QED) is 0.649. The zero-order valence-electron chi connectivity index (χ0n) is 11.5. The Morgan fingerprint density at radius 2 is 2.00 bits per heavy atom. The molecule has 0 spiro atoms. The van der Waals surface area contributed by atoms with Crippen molar-refractivity contribution in [2.24, 2.45) is 0 Å². The van der Waals surface area contributed by atoms with E-state index >= 15 is 0 Å². The molecule has 0 aliphatic carbocycles. The molecule has 110 valence electrons. The van der Waals surface area contributed by atoms with E-state index in [1.165, 1.54) is 11.3 Å². The van der Waals surface area contributed by atoms with E-state index in [2.05, 4.69) is 37.9 Å². The fraction of sp³-hybridized carbons (Fsp3) is 0.0625. The van der Waals surface area contributed by atoms with Crippen molar-refractivity contribution in [3.8, 4) is 10.7 Å². The second kappa shape index (κ2) is 6.97. The number of carbonyl (C=O) groups is 1. The highest BCUT2D eigenvalue weighted by molar-refractivity contribution is 14.1. The number of anilines is 1. The second-order valence-corrected chi connectivity index (χ2v) is 6.58. The summed E-state index contributed by atoms with van der Waals surface area (Å²) in [7, 11) is 0. The summed E-state index contributed by atoms with van der Waals surface area (Å²) >= 11 is 3.70. The molecule has 2 aromatic heterocycles. The highest BCUT2D eigenvalue weighted by Gasteiger charge is 2.10. The summed E-state index contributed by atoms with van der Waals surface area (Å²) in [5, 5.41) is 5.64. The Labute approximate surface area is 145 Å². The molecule has 0 bridgehead atoms. The molecule has 0 radical (unpaired) electrons. The third-order valence-corrected chi connectivity index (χ3v) is 4.78. The maximum Gasteiger partial charge on any atom is 0.230 e. The summed E-state index contributed by atoms with van der Waals surface area (Å²) in [5.41, 5.74) is 2.42. The van der Waals surface area contributed by atoms with Crippen molar-refractivity contribution in [2.75, 3.05) is 5.32 Å². The molecule has 1 N–H and O–H groups in total. The molecule has 0 saturated heterocycles. The highest BCUT2D eigenvalue weighted by Crippen LogP contribution is 2.22. The number of hydrogen-bond donors (Lipinski definition) is 1. The number of thiazole rings is 1. The van der Waals surface area contributed by atoms with Crippen LogP contribution in [0.1, 0.15) is 5.69 Å². The van der Waals surface area contributed by atoms with E-state index in [1.54, 1.807) is 6.20 Å². The number of aromatic nitrogens is 2. The number of amides is 1. The van der Waals surface area contributed by atoms with Crippen LogP contribution in [0.5, 0.6) is 0 Å². The van der Waals surface area contributed by atoms with Gasteiger partial charge in [0.05, 0.1) is 23.5 Å². The third kappa shape index (κ3) is 3.69. The Balaban J connectivity index is 1.68. The van der Waals surface area contributed by atoms with E-state index in [0.717, 1.165) is 25.7 Å². The highest BCUT2D eigenvalue weighted by atomic mass is 127. The fourth-order valence-corrected chi connectivity index (χ4v) is 3.23. The van der Waals surface area contributed by atoms with Gasteiger partial charge in [-0.1, -0.05) is 18.2 Å². The predicted molar refractivity (Wildman–Crippen MR) is 96.8 cm³/mol. The first kappa shape index (κ1) is 15.1. The summed E-state index contributed by atoms with van der Waals surface area (Å²) in [6, 6.07) is 13.4. The molecule has 0 fully saturated rings. The van der Waals surface area contributed by atoms with Gasteiger partial charge >= 0.3 is 0 Å². The van der Waals surface area contributed by atoms with Crippen LogP contribution in [0, 0.1) is 3.57 Å². The molecule has 6 heteroatoms. The van der Waals surface area contributed by atoms with Crippen LogP contribution in [0.2, 0.25) is 0 Å². The Hall–Kier alpha value is -1.80. The molecule has 1 aromatic carbocycles. The van der Waals surface area contributed by atoms with Gasteiger partial charge in [0.25, 0.3) is 0 Å². The van der Waals surface area contributed by atoms with Gasteiger partial charge in [-0.25, -0.2) is 4.98 Å². The summed E-state index contributed by atoms with van der Waals surface area (Å²) in [6.07, 6.45) is 1.99. The van der Waals surface area contributed by atoms with Gasteiger partial charge in [-0.2, -0.15) is 0 Å². The van der Waals surface area contributed by atoms with Crippen LogP contribution in [0.4, 0.5) is 5.69 Å². The topological polar surface area (TPSA) is 54.9 Å². The van der Waals surface area contributed by atoms with Gasteiger partial charge < -0.3 is 5.32 Å². The van der Waals surface area contributed by atoms with E-state index in [1.807, 2.05) is 47.8 Å². The molecule has 0 aliphatic heterocycles. The summed E-state index contributed by atoms with van der Waals surface area (Å²) in [4.78, 5) is 20.9. The molecule has 0 aliphatic rings. The normalized spacial score (nSPS) is 10.4. The van der Waals surface area contributed by atoms with Crippen molar-refractivity contribution in [2.45, 2.75) is 6.42 Å². The number of nitrogens with one attached hydrogen (secondary N) is 1. The minimum Gasteiger partial charge on any atom is -0.325 e. The zero-order chi connectivity index (χ0) is 15.4. The molecule has 3 aromatic rings. The van der Waals surface area contributed by atoms with Crippen LogP contribution in [0.15, 0.2) is 54.0 Å². The predicted octanol–water partition coefficient (Wildman–Crippen LogP) is 3.99. The van der Waals surface area contributed by atoms with E-state index in [0.29, 0.717) is 0 Å². The Morgan fingerprint density at radius 1 is 1.18 bits per heavy atom. The first-order chi connectivity index (χ1) is 10.7. The number of nitrogens with zero attached hydrogens (tertiary/aromatic N) is 2. The number of rotatable bonds is 4. The van der Waals surface area contributed by atoms with E-state index in [4.69, 9.17) is 0 Å². The fourth-order valence-electron chi connectivity index (χ4n) is 1.92. The first-order valence-corrected chi connectivity index (χ1v) is 8.58. The standard InChI is InChI=1S/C16H12IN3OS/c17-12-5-1-2-6-13(12)20-15(21)9-11-10-22-16(19-11)14-7-3-4-8-18-14/h1-8,10H,9H2,(H,20,21). The lowest BCUT2D eigenvalue weighted by atomic mass is 10.3. The van der Waals surface area contributed by atoms with Gasteiger partial charge in [0.15, 0.2) is 0 Å². The average molecular weight is 421 g/mol. The number of halogens is 1. The van der Waals surface area contributed by atoms with Gasteiger partial charge in [0.2, 0.25) is 5.91 Å².